The molecule has 0 atom stereocenters. The van der Waals surface area contributed by atoms with Gasteiger partial charge in [0.05, 0.1) is 11.3 Å². The highest BCUT2D eigenvalue weighted by Gasteiger charge is 2.23. The van der Waals surface area contributed by atoms with Gasteiger partial charge in [0.25, 0.3) is 5.56 Å². The average molecular weight is 406 g/mol. The molecule has 1 N–H and O–H groups in total. The lowest BCUT2D eigenvalue weighted by Gasteiger charge is -2.27. The summed E-state index contributed by atoms with van der Waals surface area (Å²) in [6.07, 6.45) is 0.491. The molecular weight excluding hydrogens is 391 g/mol. The zero-order chi connectivity index (χ0) is 19.8. The third kappa shape index (κ3) is 3.68. The zero-order valence-corrected chi connectivity index (χ0v) is 15.4. The van der Waals surface area contributed by atoms with Gasteiger partial charge in [0, 0.05) is 48.3 Å². The molecule has 8 heteroatoms. The van der Waals surface area contributed by atoms with Crippen LogP contribution in [0.15, 0.2) is 41.2 Å². The van der Waals surface area contributed by atoms with E-state index in [1.165, 1.54) is 0 Å². The van der Waals surface area contributed by atoms with E-state index in [0.29, 0.717) is 41.1 Å². The van der Waals surface area contributed by atoms with Crippen LogP contribution in [0, 0.1) is 17.5 Å². The van der Waals surface area contributed by atoms with Crippen molar-refractivity contribution >= 4 is 11.6 Å². The third-order valence-electron chi connectivity index (χ3n) is 4.75. The molecule has 0 bridgehead atoms. The van der Waals surface area contributed by atoms with Crippen molar-refractivity contribution in [3.05, 3.63) is 86.0 Å². The highest BCUT2D eigenvalue weighted by molar-refractivity contribution is 6.30. The maximum atomic E-state index is 13.9. The molecule has 0 unspecified atom stereocenters. The molecule has 0 radical (unpaired) electrons. The number of aromatic nitrogens is 2. The number of fused-ring (bicyclic) bond motifs is 1. The van der Waals surface area contributed by atoms with Gasteiger partial charge in [-0.25, -0.2) is 18.2 Å². The molecule has 144 valence electrons. The second-order valence-corrected chi connectivity index (χ2v) is 7.10. The van der Waals surface area contributed by atoms with E-state index in [-0.39, 0.29) is 24.2 Å². The van der Waals surface area contributed by atoms with Crippen LogP contribution in [0.1, 0.15) is 16.8 Å². The molecule has 28 heavy (non-hydrogen) atoms. The fourth-order valence-electron chi connectivity index (χ4n) is 3.29. The zero-order valence-electron chi connectivity index (χ0n) is 14.6. The standard InChI is InChI=1S/C20H15ClF3N3O/c21-13-3-1-11(2-4-13)19-25-18-5-6-27(10-14(18)20(28)26-19)9-12-7-16(23)17(24)8-15(12)22/h1-4,7-8H,5-6,9-10H2,(H,25,26,28). The monoisotopic (exact) mass is 405 g/mol. The van der Waals surface area contributed by atoms with Crippen molar-refractivity contribution in [3.63, 3.8) is 0 Å². The first-order chi connectivity index (χ1) is 13.4. The topological polar surface area (TPSA) is 49.0 Å². The molecular formula is C20H15ClF3N3O. The van der Waals surface area contributed by atoms with Crippen molar-refractivity contribution in [2.75, 3.05) is 6.54 Å². The van der Waals surface area contributed by atoms with E-state index < -0.39 is 17.5 Å². The van der Waals surface area contributed by atoms with Crippen LogP contribution in [0.5, 0.6) is 0 Å². The van der Waals surface area contributed by atoms with Gasteiger partial charge in [-0.2, -0.15) is 0 Å². The maximum Gasteiger partial charge on any atom is 0.255 e. The Morgan fingerprint density at radius 2 is 1.79 bits per heavy atom. The van der Waals surface area contributed by atoms with Crippen LogP contribution < -0.4 is 5.56 Å². The van der Waals surface area contributed by atoms with Crippen LogP contribution in [-0.2, 0) is 19.5 Å². The van der Waals surface area contributed by atoms with Crippen LogP contribution in [0.25, 0.3) is 11.4 Å². The SMILES string of the molecule is O=c1[nH]c(-c2ccc(Cl)cc2)nc2c1CN(Cc1cc(F)c(F)cc1F)CC2. The molecule has 0 amide bonds. The molecule has 1 aromatic heterocycles. The minimum absolute atomic E-state index is 0.0459. The number of rotatable bonds is 3. The van der Waals surface area contributed by atoms with Crippen LogP contribution in [0.2, 0.25) is 5.02 Å². The summed E-state index contributed by atoms with van der Waals surface area (Å²) in [4.78, 5) is 21.7. The number of hydrogen-bond acceptors (Lipinski definition) is 3. The highest BCUT2D eigenvalue weighted by atomic mass is 35.5. The van der Waals surface area contributed by atoms with E-state index in [1.807, 2.05) is 0 Å². The average Bonchev–Trinajstić information content (AvgIpc) is 2.67. The Morgan fingerprint density at radius 1 is 1.07 bits per heavy atom. The Kier molecular flexibility index (Phi) is 4.95. The summed E-state index contributed by atoms with van der Waals surface area (Å²) < 4.78 is 40.4. The van der Waals surface area contributed by atoms with Crippen molar-refractivity contribution in [1.29, 1.82) is 0 Å². The minimum atomic E-state index is -1.22. The van der Waals surface area contributed by atoms with Gasteiger partial charge in [-0.3, -0.25) is 9.69 Å². The smallest absolute Gasteiger partial charge is 0.255 e. The first kappa shape index (κ1) is 18.7. The summed E-state index contributed by atoms with van der Waals surface area (Å²) in [5.41, 5.74) is 1.69. The molecule has 0 saturated heterocycles. The summed E-state index contributed by atoms with van der Waals surface area (Å²) in [7, 11) is 0. The number of H-pyrrole nitrogens is 1. The molecule has 0 saturated carbocycles. The van der Waals surface area contributed by atoms with Gasteiger partial charge < -0.3 is 4.98 Å². The Bertz CT molecular complexity index is 1100. The third-order valence-corrected chi connectivity index (χ3v) is 5.00. The first-order valence-electron chi connectivity index (χ1n) is 8.64. The lowest BCUT2D eigenvalue weighted by atomic mass is 10.0. The van der Waals surface area contributed by atoms with E-state index in [1.54, 1.807) is 29.2 Å². The maximum absolute atomic E-state index is 13.9. The highest BCUT2D eigenvalue weighted by Crippen LogP contribution is 2.22. The van der Waals surface area contributed by atoms with Gasteiger partial charge in [0.15, 0.2) is 11.6 Å². The van der Waals surface area contributed by atoms with E-state index in [2.05, 4.69) is 9.97 Å². The van der Waals surface area contributed by atoms with Gasteiger partial charge in [-0.05, 0) is 30.3 Å². The normalized spacial score (nSPS) is 14.1. The summed E-state index contributed by atoms with van der Waals surface area (Å²) in [5.74, 6) is -2.67. The molecule has 1 aliphatic heterocycles. The second-order valence-electron chi connectivity index (χ2n) is 6.67. The molecule has 4 nitrogen and oxygen atoms in total. The van der Waals surface area contributed by atoms with Gasteiger partial charge in [-0.15, -0.1) is 0 Å². The number of hydrogen-bond donors (Lipinski definition) is 1. The van der Waals surface area contributed by atoms with Gasteiger partial charge in [-0.1, -0.05) is 11.6 Å². The molecule has 2 heterocycles. The Morgan fingerprint density at radius 3 is 2.54 bits per heavy atom. The van der Waals surface area contributed by atoms with Crippen molar-refractivity contribution in [3.8, 4) is 11.4 Å². The van der Waals surface area contributed by atoms with Gasteiger partial charge in [0.1, 0.15) is 11.6 Å². The predicted octanol–water partition coefficient (Wildman–Crippen LogP) is 4.07. The molecule has 4 rings (SSSR count). The molecule has 0 spiro atoms. The van der Waals surface area contributed by atoms with E-state index in [9.17, 15) is 18.0 Å². The van der Waals surface area contributed by atoms with Crippen molar-refractivity contribution < 1.29 is 13.2 Å². The second kappa shape index (κ2) is 7.41. The number of nitrogens with one attached hydrogen (secondary N) is 1. The first-order valence-corrected chi connectivity index (χ1v) is 9.02. The minimum Gasteiger partial charge on any atom is -0.306 e. The van der Waals surface area contributed by atoms with Crippen LogP contribution in [0.4, 0.5) is 13.2 Å². The van der Waals surface area contributed by atoms with Crippen LogP contribution >= 0.6 is 11.6 Å². The Balaban J connectivity index is 1.58. The summed E-state index contributed by atoms with van der Waals surface area (Å²) >= 11 is 5.89. The van der Waals surface area contributed by atoms with E-state index in [0.717, 1.165) is 11.6 Å². The fourth-order valence-corrected chi connectivity index (χ4v) is 3.41. The number of halogens is 4. The lowest BCUT2D eigenvalue weighted by Crippen LogP contribution is -2.35. The summed E-state index contributed by atoms with van der Waals surface area (Å²) in [5, 5.41) is 0.587. The summed E-state index contributed by atoms with van der Waals surface area (Å²) in [6, 6.07) is 8.37. The van der Waals surface area contributed by atoms with E-state index >= 15 is 0 Å². The van der Waals surface area contributed by atoms with Crippen LogP contribution in [0.3, 0.4) is 0 Å². The molecule has 0 fully saturated rings. The molecule has 2 aromatic carbocycles. The predicted molar refractivity (Wildman–Crippen MR) is 99.4 cm³/mol. The number of nitrogens with zero attached hydrogens (tertiary/aromatic N) is 2. The number of aromatic amines is 1. The molecule has 3 aromatic rings. The fraction of sp³-hybridized carbons (Fsp3) is 0.200. The largest absolute Gasteiger partial charge is 0.306 e. The van der Waals surface area contributed by atoms with Crippen molar-refractivity contribution in [1.82, 2.24) is 14.9 Å². The molecule has 0 aliphatic carbocycles. The van der Waals surface area contributed by atoms with Gasteiger partial charge in [0.2, 0.25) is 0 Å². The Labute approximate surface area is 163 Å². The van der Waals surface area contributed by atoms with Gasteiger partial charge >= 0.3 is 0 Å². The summed E-state index contributed by atoms with van der Waals surface area (Å²) in [6.45, 7) is 0.833. The number of benzene rings is 2. The molecule has 1 aliphatic rings. The van der Waals surface area contributed by atoms with E-state index in [4.69, 9.17) is 11.6 Å². The van der Waals surface area contributed by atoms with Crippen LogP contribution in [-0.4, -0.2) is 21.4 Å². The quantitative estimate of drug-likeness (QED) is 0.668. The van der Waals surface area contributed by atoms with Crippen molar-refractivity contribution in [2.45, 2.75) is 19.5 Å². The lowest BCUT2D eigenvalue weighted by molar-refractivity contribution is 0.238. The Hall–Kier alpha value is -2.64. The van der Waals surface area contributed by atoms with Crippen molar-refractivity contribution in [2.24, 2.45) is 0 Å².